The average molecular weight is 373 g/mol. The van der Waals surface area contributed by atoms with Crippen LogP contribution < -0.4 is 0 Å². The van der Waals surface area contributed by atoms with Gasteiger partial charge in [0, 0.05) is 0 Å². The summed E-state index contributed by atoms with van der Waals surface area (Å²) in [7, 11) is 0. The van der Waals surface area contributed by atoms with Crippen LogP contribution in [0.5, 0.6) is 0 Å². The third-order valence-corrected chi connectivity index (χ3v) is 4.07. The first-order valence-electron chi connectivity index (χ1n) is 8.05. The predicted octanol–water partition coefficient (Wildman–Crippen LogP) is 6.05. The van der Waals surface area contributed by atoms with E-state index in [-0.39, 0.29) is 5.41 Å². The van der Waals surface area contributed by atoms with Gasteiger partial charge in [0.2, 0.25) is 0 Å². The zero-order chi connectivity index (χ0) is 18.7. The number of hydrogen-bond donors (Lipinski definition) is 0. The minimum absolute atomic E-state index is 0.361. The normalized spacial score (nSPS) is 16.0. The van der Waals surface area contributed by atoms with Crippen molar-refractivity contribution in [3.63, 3.8) is 0 Å². The van der Waals surface area contributed by atoms with E-state index in [0.717, 1.165) is 6.42 Å². The maximum Gasteiger partial charge on any atom is 0.323 e. The molecule has 0 aliphatic rings. The molecule has 0 amide bonds. The molecule has 0 aromatic rings. The maximum absolute atomic E-state index is 6.64. The van der Waals surface area contributed by atoms with Gasteiger partial charge in [0.25, 0.3) is 0 Å². The highest BCUT2D eigenvalue weighted by Crippen LogP contribution is 2.44. The van der Waals surface area contributed by atoms with Crippen LogP contribution in [0.3, 0.4) is 0 Å². The molecule has 0 aliphatic heterocycles. The van der Waals surface area contributed by atoms with Crippen LogP contribution in [0.1, 0.15) is 75.7 Å². The number of alkyl halides is 2. The highest BCUT2D eigenvalue weighted by Gasteiger charge is 2.51. The van der Waals surface area contributed by atoms with Crippen molar-refractivity contribution < 1.29 is 19.6 Å². The van der Waals surface area contributed by atoms with Crippen LogP contribution in [0, 0.1) is 11.3 Å². The fourth-order valence-electron chi connectivity index (χ4n) is 2.08. The van der Waals surface area contributed by atoms with Crippen LogP contribution in [0.4, 0.5) is 0 Å². The zero-order valence-electron chi connectivity index (χ0n) is 16.3. The first kappa shape index (κ1) is 23.4. The van der Waals surface area contributed by atoms with E-state index in [4.69, 9.17) is 42.8 Å². The van der Waals surface area contributed by atoms with Crippen LogP contribution in [-0.4, -0.2) is 21.8 Å². The smallest absolute Gasteiger partial charge is 0.226 e. The Hall–Kier alpha value is 0.420. The van der Waals surface area contributed by atoms with Gasteiger partial charge in [-0.25, -0.2) is 9.78 Å². The SMILES string of the molecule is CC(C)CC(C)(C)C(Cl)C(Cl)(OOC(C)(C)C)OOC(C)(C)C. The Bertz CT molecular complexity index is 339. The van der Waals surface area contributed by atoms with Gasteiger partial charge in [0.1, 0.15) is 5.38 Å². The fourth-order valence-corrected chi connectivity index (χ4v) is 2.60. The molecule has 0 saturated carbocycles. The van der Waals surface area contributed by atoms with E-state index in [1.54, 1.807) is 0 Å². The molecule has 0 N–H and O–H groups in total. The second-order valence-electron chi connectivity index (χ2n) is 9.09. The molecule has 0 aromatic heterocycles. The Kier molecular flexibility index (Phi) is 8.35. The van der Waals surface area contributed by atoms with E-state index in [1.165, 1.54) is 0 Å². The monoisotopic (exact) mass is 372 g/mol. The Morgan fingerprint density at radius 2 is 1.09 bits per heavy atom. The maximum atomic E-state index is 6.64. The van der Waals surface area contributed by atoms with E-state index in [1.807, 2.05) is 55.4 Å². The first-order chi connectivity index (χ1) is 9.99. The van der Waals surface area contributed by atoms with Gasteiger partial charge >= 0.3 is 5.25 Å². The molecule has 6 heteroatoms. The summed E-state index contributed by atoms with van der Waals surface area (Å²) < 4.78 is 0. The molecule has 4 nitrogen and oxygen atoms in total. The molecule has 0 radical (unpaired) electrons. The van der Waals surface area contributed by atoms with Crippen LogP contribution in [0.2, 0.25) is 0 Å². The van der Waals surface area contributed by atoms with Gasteiger partial charge in [-0.1, -0.05) is 39.3 Å². The van der Waals surface area contributed by atoms with Crippen molar-refractivity contribution in [2.24, 2.45) is 11.3 Å². The van der Waals surface area contributed by atoms with Gasteiger partial charge in [-0.3, -0.25) is 0 Å². The molecule has 0 heterocycles. The van der Waals surface area contributed by atoms with E-state index in [2.05, 4.69) is 13.8 Å². The average Bonchev–Trinajstić information content (AvgIpc) is 2.29. The largest absolute Gasteiger partial charge is 0.323 e. The minimum atomic E-state index is -1.76. The van der Waals surface area contributed by atoms with E-state index in [9.17, 15) is 0 Å². The Labute approximate surface area is 151 Å². The zero-order valence-corrected chi connectivity index (χ0v) is 17.8. The summed E-state index contributed by atoms with van der Waals surface area (Å²) in [5.74, 6) is 0.444. The second kappa shape index (κ2) is 8.20. The lowest BCUT2D eigenvalue weighted by atomic mass is 9.80. The van der Waals surface area contributed by atoms with Crippen molar-refractivity contribution >= 4 is 23.2 Å². The van der Waals surface area contributed by atoms with E-state index >= 15 is 0 Å². The van der Waals surface area contributed by atoms with E-state index in [0.29, 0.717) is 5.92 Å². The third kappa shape index (κ3) is 9.47. The lowest BCUT2D eigenvalue weighted by Crippen LogP contribution is -2.49. The fraction of sp³-hybridized carbons (Fsp3) is 1.00. The lowest BCUT2D eigenvalue weighted by Gasteiger charge is -2.40. The number of rotatable bonds is 8. The summed E-state index contributed by atoms with van der Waals surface area (Å²) in [6.45, 7) is 19.4. The Morgan fingerprint density at radius 1 is 0.739 bits per heavy atom. The van der Waals surface area contributed by atoms with Crippen molar-refractivity contribution in [2.45, 2.75) is 97.5 Å². The van der Waals surface area contributed by atoms with Crippen molar-refractivity contribution in [1.82, 2.24) is 0 Å². The molecule has 140 valence electrons. The van der Waals surface area contributed by atoms with Crippen LogP contribution in [-0.2, 0) is 19.6 Å². The van der Waals surface area contributed by atoms with Crippen LogP contribution >= 0.6 is 23.2 Å². The Morgan fingerprint density at radius 3 is 1.35 bits per heavy atom. The lowest BCUT2D eigenvalue weighted by molar-refractivity contribution is -0.517. The summed E-state index contributed by atoms with van der Waals surface area (Å²) in [6, 6.07) is 0. The molecule has 0 rings (SSSR count). The van der Waals surface area contributed by atoms with Gasteiger partial charge in [0.15, 0.2) is 0 Å². The first-order valence-corrected chi connectivity index (χ1v) is 8.87. The molecule has 1 atom stereocenters. The summed E-state index contributed by atoms with van der Waals surface area (Å²) in [5, 5.41) is -2.47. The van der Waals surface area contributed by atoms with Gasteiger partial charge in [-0.05, 0) is 59.3 Å². The summed E-state index contributed by atoms with van der Waals surface area (Å²) in [5.41, 5.74) is -1.49. The molecule has 0 aromatic carbocycles. The minimum Gasteiger partial charge on any atom is -0.226 e. The molecule has 0 saturated heterocycles. The molecule has 23 heavy (non-hydrogen) atoms. The van der Waals surface area contributed by atoms with Crippen LogP contribution in [0.15, 0.2) is 0 Å². The molecule has 0 fully saturated rings. The van der Waals surface area contributed by atoms with Crippen molar-refractivity contribution in [3.8, 4) is 0 Å². The topological polar surface area (TPSA) is 36.9 Å². The third-order valence-electron chi connectivity index (χ3n) is 2.73. The molecule has 1 unspecified atom stereocenters. The molecular weight excluding hydrogens is 339 g/mol. The highest BCUT2D eigenvalue weighted by molar-refractivity contribution is 6.31. The van der Waals surface area contributed by atoms with Gasteiger partial charge in [-0.2, -0.15) is 9.78 Å². The number of hydrogen-bond acceptors (Lipinski definition) is 4. The van der Waals surface area contributed by atoms with E-state index < -0.39 is 21.8 Å². The summed E-state index contributed by atoms with van der Waals surface area (Å²) in [4.78, 5) is 21.5. The standard InChI is InChI=1S/C17H34Cl2O4/c1-12(2)11-16(9,10)13(18)17(19,22-20-14(3,4)5)23-21-15(6,7)8/h12-13H,11H2,1-10H3. The quantitative estimate of drug-likeness (QED) is 0.225. The molecule has 0 bridgehead atoms. The summed E-state index contributed by atoms with van der Waals surface area (Å²) >= 11 is 13.2. The van der Waals surface area contributed by atoms with Gasteiger partial charge in [-0.15, -0.1) is 11.6 Å². The number of halogens is 2. The van der Waals surface area contributed by atoms with Crippen LogP contribution in [0.25, 0.3) is 0 Å². The van der Waals surface area contributed by atoms with Crippen molar-refractivity contribution in [1.29, 1.82) is 0 Å². The predicted molar refractivity (Wildman–Crippen MR) is 95.3 cm³/mol. The molecule has 0 aliphatic carbocycles. The summed E-state index contributed by atoms with van der Waals surface area (Å²) in [6.07, 6.45) is 0.841. The second-order valence-corrected chi connectivity index (χ2v) is 10.1. The Balaban J connectivity index is 5.30. The van der Waals surface area contributed by atoms with Gasteiger partial charge in [0.05, 0.1) is 11.2 Å². The van der Waals surface area contributed by atoms with Crippen molar-refractivity contribution in [2.75, 3.05) is 0 Å². The molecule has 0 spiro atoms. The molecular formula is C17H34Cl2O4. The highest BCUT2D eigenvalue weighted by atomic mass is 35.5. The van der Waals surface area contributed by atoms with Crippen molar-refractivity contribution in [3.05, 3.63) is 0 Å². The van der Waals surface area contributed by atoms with Gasteiger partial charge < -0.3 is 0 Å².